The highest BCUT2D eigenvalue weighted by Crippen LogP contribution is 2.18. The Balaban J connectivity index is 0.000000509. The van der Waals surface area contributed by atoms with Gasteiger partial charge < -0.3 is 14.9 Å². The van der Waals surface area contributed by atoms with E-state index >= 15 is 0 Å². The SMILES string of the molecule is CN(CC(=O)N1CCN(c2ccccn2)CC1)S(=O)(=O)c1ccc(Cl)cc1.O=C(O)C(F)(F)F. The maximum atomic E-state index is 12.6. The lowest BCUT2D eigenvalue weighted by atomic mass is 10.3. The molecule has 9 nitrogen and oxygen atoms in total. The number of aromatic nitrogens is 1. The lowest BCUT2D eigenvalue weighted by Crippen LogP contribution is -2.51. The molecule has 1 fully saturated rings. The van der Waals surface area contributed by atoms with Crippen LogP contribution < -0.4 is 4.90 Å². The van der Waals surface area contributed by atoms with E-state index < -0.39 is 22.2 Å². The molecular formula is C20H22ClF3N4O5S. The minimum atomic E-state index is -5.08. The van der Waals surface area contributed by atoms with Crippen molar-refractivity contribution in [3.63, 3.8) is 0 Å². The number of carbonyl (C=O) groups excluding carboxylic acids is 1. The number of halogens is 4. The van der Waals surface area contributed by atoms with Crippen LogP contribution in [0, 0.1) is 0 Å². The molecule has 3 rings (SSSR count). The van der Waals surface area contributed by atoms with Gasteiger partial charge in [0.25, 0.3) is 0 Å². The normalized spacial score (nSPS) is 14.4. The van der Waals surface area contributed by atoms with E-state index in [1.807, 2.05) is 18.2 Å². The van der Waals surface area contributed by atoms with E-state index in [1.54, 1.807) is 11.1 Å². The fourth-order valence-corrected chi connectivity index (χ4v) is 4.13. The van der Waals surface area contributed by atoms with Gasteiger partial charge in [0.15, 0.2) is 0 Å². The number of hydrogen-bond donors (Lipinski definition) is 1. The van der Waals surface area contributed by atoms with E-state index in [2.05, 4.69) is 9.88 Å². The van der Waals surface area contributed by atoms with Gasteiger partial charge in [0.1, 0.15) is 5.82 Å². The third-order valence-electron chi connectivity index (χ3n) is 4.73. The van der Waals surface area contributed by atoms with Gasteiger partial charge >= 0.3 is 12.1 Å². The second-order valence-electron chi connectivity index (χ2n) is 7.07. The Morgan fingerprint density at radius 3 is 2.12 bits per heavy atom. The summed E-state index contributed by atoms with van der Waals surface area (Å²) in [6, 6.07) is 11.6. The van der Waals surface area contributed by atoms with Crippen LogP contribution in [0.25, 0.3) is 0 Å². The highest BCUT2D eigenvalue weighted by Gasteiger charge is 2.38. The summed E-state index contributed by atoms with van der Waals surface area (Å²) in [6.07, 6.45) is -3.34. The number of carbonyl (C=O) groups is 2. The summed E-state index contributed by atoms with van der Waals surface area (Å²) < 4.78 is 58.0. The average molecular weight is 523 g/mol. The number of sulfonamides is 1. The van der Waals surface area contributed by atoms with Gasteiger partial charge in [0.2, 0.25) is 15.9 Å². The second kappa shape index (κ2) is 11.5. The van der Waals surface area contributed by atoms with Crippen molar-refractivity contribution in [2.45, 2.75) is 11.1 Å². The molecule has 1 aromatic heterocycles. The molecule has 0 bridgehead atoms. The lowest BCUT2D eigenvalue weighted by Gasteiger charge is -2.36. The van der Waals surface area contributed by atoms with E-state index in [9.17, 15) is 26.4 Å². The van der Waals surface area contributed by atoms with Crippen LogP contribution in [0.15, 0.2) is 53.6 Å². The molecule has 1 N–H and O–H groups in total. The molecular weight excluding hydrogens is 501 g/mol. The first-order valence-electron chi connectivity index (χ1n) is 9.78. The number of hydrogen-bond acceptors (Lipinski definition) is 6. The highest BCUT2D eigenvalue weighted by molar-refractivity contribution is 7.89. The first-order valence-corrected chi connectivity index (χ1v) is 11.6. The number of amides is 1. The highest BCUT2D eigenvalue weighted by atomic mass is 35.5. The number of likely N-dealkylation sites (N-methyl/N-ethyl adjacent to an activating group) is 1. The molecule has 0 atom stereocenters. The van der Waals surface area contributed by atoms with Gasteiger partial charge in [-0.25, -0.2) is 18.2 Å². The van der Waals surface area contributed by atoms with Crippen LogP contribution in [0.1, 0.15) is 0 Å². The Bertz CT molecular complexity index is 1080. The van der Waals surface area contributed by atoms with Crippen molar-refractivity contribution in [2.75, 3.05) is 44.7 Å². The van der Waals surface area contributed by atoms with Crippen molar-refractivity contribution in [3.05, 3.63) is 53.7 Å². The van der Waals surface area contributed by atoms with Crippen LogP contribution in [0.3, 0.4) is 0 Å². The molecule has 0 unspecified atom stereocenters. The Hall–Kier alpha value is -2.90. The number of benzene rings is 1. The molecule has 1 aromatic carbocycles. The van der Waals surface area contributed by atoms with Crippen LogP contribution in [0.4, 0.5) is 19.0 Å². The van der Waals surface area contributed by atoms with E-state index in [0.717, 1.165) is 10.1 Å². The average Bonchev–Trinajstić information content (AvgIpc) is 2.79. The molecule has 1 aliphatic rings. The zero-order valence-electron chi connectivity index (χ0n) is 17.9. The summed E-state index contributed by atoms with van der Waals surface area (Å²) in [5, 5.41) is 7.58. The predicted molar refractivity (Wildman–Crippen MR) is 118 cm³/mol. The molecule has 1 aliphatic heterocycles. The number of aliphatic carboxylic acids is 1. The summed E-state index contributed by atoms with van der Waals surface area (Å²) in [5.74, 6) is -2.09. The first-order chi connectivity index (χ1) is 15.8. The summed E-state index contributed by atoms with van der Waals surface area (Å²) in [6.45, 7) is 2.19. The van der Waals surface area contributed by atoms with E-state index in [4.69, 9.17) is 21.5 Å². The number of piperazine rings is 1. The van der Waals surface area contributed by atoms with Gasteiger partial charge in [-0.05, 0) is 36.4 Å². The first kappa shape index (κ1) is 27.3. The fourth-order valence-electron chi connectivity index (χ4n) is 2.89. The van der Waals surface area contributed by atoms with E-state index in [0.29, 0.717) is 31.2 Å². The standard InChI is InChI=1S/C18H21ClN4O3S.C2HF3O2/c1-21(27(25,26)16-7-5-15(19)6-8-16)14-18(24)23-12-10-22(11-13-23)17-4-2-3-9-20-17;3-2(4,5)1(6)7/h2-9H,10-14H2,1H3;(H,6,7). The maximum absolute atomic E-state index is 12.6. The molecule has 2 heterocycles. The summed E-state index contributed by atoms with van der Waals surface area (Å²) in [4.78, 5) is 29.7. The smallest absolute Gasteiger partial charge is 0.475 e. The van der Waals surface area contributed by atoms with Gasteiger partial charge in [-0.3, -0.25) is 4.79 Å². The van der Waals surface area contributed by atoms with E-state index in [-0.39, 0.29) is 17.3 Å². The zero-order valence-corrected chi connectivity index (χ0v) is 19.5. The number of anilines is 1. The van der Waals surface area contributed by atoms with Crippen LogP contribution in [0.2, 0.25) is 5.02 Å². The van der Waals surface area contributed by atoms with Crippen LogP contribution in [-0.2, 0) is 19.6 Å². The molecule has 1 saturated heterocycles. The Morgan fingerprint density at radius 2 is 1.65 bits per heavy atom. The Kier molecular flexibility index (Phi) is 9.24. The maximum Gasteiger partial charge on any atom is 0.490 e. The van der Waals surface area contributed by atoms with Crippen LogP contribution in [0.5, 0.6) is 0 Å². The lowest BCUT2D eigenvalue weighted by molar-refractivity contribution is -0.192. The number of pyridine rings is 1. The molecule has 0 aliphatic carbocycles. The van der Waals surface area contributed by atoms with Crippen molar-refractivity contribution >= 4 is 39.3 Å². The second-order valence-corrected chi connectivity index (χ2v) is 9.56. The quantitative estimate of drug-likeness (QED) is 0.641. The number of nitrogens with zero attached hydrogens (tertiary/aromatic N) is 4. The summed E-state index contributed by atoms with van der Waals surface area (Å²) in [7, 11) is -2.33. The van der Waals surface area contributed by atoms with Gasteiger partial charge in [-0.2, -0.15) is 17.5 Å². The van der Waals surface area contributed by atoms with Crippen molar-refractivity contribution in [1.82, 2.24) is 14.2 Å². The molecule has 2 aromatic rings. The zero-order chi connectivity index (χ0) is 25.5. The van der Waals surface area contributed by atoms with Gasteiger partial charge in [-0.1, -0.05) is 17.7 Å². The van der Waals surface area contributed by atoms with Crippen molar-refractivity contribution in [1.29, 1.82) is 0 Å². The predicted octanol–water partition coefficient (Wildman–Crippen LogP) is 2.34. The molecule has 186 valence electrons. The molecule has 0 radical (unpaired) electrons. The van der Waals surface area contributed by atoms with Gasteiger partial charge in [0, 0.05) is 44.4 Å². The third-order valence-corrected chi connectivity index (χ3v) is 6.80. The fraction of sp³-hybridized carbons (Fsp3) is 0.350. The minimum Gasteiger partial charge on any atom is -0.475 e. The van der Waals surface area contributed by atoms with Crippen molar-refractivity contribution in [3.8, 4) is 0 Å². The largest absolute Gasteiger partial charge is 0.490 e. The number of carboxylic acid groups (broad SMARTS) is 1. The van der Waals surface area contributed by atoms with Crippen molar-refractivity contribution in [2.24, 2.45) is 0 Å². The summed E-state index contributed by atoms with van der Waals surface area (Å²) in [5.41, 5.74) is 0. The van der Waals surface area contributed by atoms with Gasteiger partial charge in [-0.15, -0.1) is 0 Å². The van der Waals surface area contributed by atoms with Crippen molar-refractivity contribution < 1.29 is 36.3 Å². The molecule has 0 spiro atoms. The molecule has 14 heteroatoms. The molecule has 1 amide bonds. The topological polar surface area (TPSA) is 111 Å². The number of carboxylic acids is 1. The minimum absolute atomic E-state index is 0.113. The van der Waals surface area contributed by atoms with Crippen LogP contribution in [-0.4, -0.2) is 85.5 Å². The summed E-state index contributed by atoms with van der Waals surface area (Å²) >= 11 is 5.81. The number of alkyl halides is 3. The van der Waals surface area contributed by atoms with Gasteiger partial charge in [0.05, 0.1) is 11.4 Å². The Morgan fingerprint density at radius 1 is 1.09 bits per heavy atom. The monoisotopic (exact) mass is 522 g/mol. The molecule has 34 heavy (non-hydrogen) atoms. The third kappa shape index (κ3) is 7.57. The number of rotatable bonds is 5. The van der Waals surface area contributed by atoms with E-state index in [1.165, 1.54) is 31.3 Å². The Labute approximate surface area is 199 Å². The van der Waals surface area contributed by atoms with Crippen LogP contribution >= 0.6 is 11.6 Å². The molecule has 0 saturated carbocycles.